The molecule has 2 rings (SSSR count). The Hall–Kier alpha value is -3.76. The van der Waals surface area contributed by atoms with Crippen LogP contribution in [0.15, 0.2) is 36.4 Å². The second-order valence-electron chi connectivity index (χ2n) is 4.38. The molecule has 0 unspecified atom stereocenters. The van der Waals surface area contributed by atoms with Crippen molar-refractivity contribution in [2.24, 2.45) is 0 Å². The molecule has 11 nitrogen and oxygen atoms in total. The van der Waals surface area contributed by atoms with E-state index in [2.05, 4.69) is 5.32 Å². The van der Waals surface area contributed by atoms with Gasteiger partial charge in [0.15, 0.2) is 5.69 Å². The molecule has 0 radical (unpaired) electrons. The summed E-state index contributed by atoms with van der Waals surface area (Å²) in [6.07, 6.45) is 0. The van der Waals surface area contributed by atoms with Crippen LogP contribution in [0.3, 0.4) is 0 Å². The van der Waals surface area contributed by atoms with Crippen molar-refractivity contribution in [3.8, 4) is 0 Å². The summed E-state index contributed by atoms with van der Waals surface area (Å²) in [6, 6.07) is 7.31. The maximum atomic E-state index is 11.1. The molecule has 118 valence electrons. The van der Waals surface area contributed by atoms with Crippen LogP contribution in [0.5, 0.6) is 0 Å². The number of nitrogens with zero attached hydrogens (tertiary/aromatic N) is 3. The Kier molecular flexibility index (Phi) is 4.03. The topological polar surface area (TPSA) is 167 Å². The van der Waals surface area contributed by atoms with E-state index in [4.69, 9.17) is 5.73 Å². The van der Waals surface area contributed by atoms with Crippen molar-refractivity contribution in [3.05, 3.63) is 66.7 Å². The second-order valence-corrected chi connectivity index (χ2v) is 4.38. The van der Waals surface area contributed by atoms with E-state index in [1.165, 1.54) is 12.1 Å². The Morgan fingerprint density at radius 1 is 0.870 bits per heavy atom. The van der Waals surface area contributed by atoms with Crippen LogP contribution < -0.4 is 11.1 Å². The minimum absolute atomic E-state index is 0.269. The number of hydrogen-bond donors (Lipinski definition) is 2. The monoisotopic (exact) mass is 319 g/mol. The molecule has 0 spiro atoms. The number of rotatable bonds is 5. The number of benzene rings is 2. The number of nitro benzene ring substituents is 3. The highest BCUT2D eigenvalue weighted by atomic mass is 16.6. The summed E-state index contributed by atoms with van der Waals surface area (Å²) < 4.78 is 0. The molecule has 0 fully saturated rings. The van der Waals surface area contributed by atoms with E-state index in [0.29, 0.717) is 17.8 Å². The summed E-state index contributed by atoms with van der Waals surface area (Å²) in [5.74, 6) is 0. The van der Waals surface area contributed by atoms with Gasteiger partial charge in [0.25, 0.3) is 5.69 Å². The maximum absolute atomic E-state index is 11.1. The SMILES string of the molecule is Nc1cccc(Nc2c([N+](=O)[O-])cc([N+](=O)[O-])cc2[N+](=O)[O-])c1. The minimum Gasteiger partial charge on any atom is -0.399 e. The highest BCUT2D eigenvalue weighted by Gasteiger charge is 2.30. The molecule has 11 heteroatoms. The fourth-order valence-corrected chi connectivity index (χ4v) is 1.88. The van der Waals surface area contributed by atoms with E-state index < -0.39 is 37.5 Å². The van der Waals surface area contributed by atoms with Gasteiger partial charge in [-0.15, -0.1) is 0 Å². The molecular weight excluding hydrogens is 310 g/mol. The van der Waals surface area contributed by atoms with E-state index in [0.717, 1.165) is 0 Å². The van der Waals surface area contributed by atoms with Crippen LogP contribution in [-0.4, -0.2) is 14.8 Å². The molecule has 0 bridgehead atoms. The zero-order valence-electron chi connectivity index (χ0n) is 11.3. The van der Waals surface area contributed by atoms with E-state index in [1.807, 2.05) is 0 Å². The summed E-state index contributed by atoms with van der Waals surface area (Å²) in [5.41, 5.74) is 3.40. The van der Waals surface area contributed by atoms with Gasteiger partial charge >= 0.3 is 11.4 Å². The molecule has 0 atom stereocenters. The fourth-order valence-electron chi connectivity index (χ4n) is 1.88. The van der Waals surface area contributed by atoms with Crippen LogP contribution in [0.1, 0.15) is 0 Å². The van der Waals surface area contributed by atoms with Gasteiger partial charge in [-0.05, 0) is 18.2 Å². The van der Waals surface area contributed by atoms with Gasteiger partial charge in [-0.1, -0.05) is 6.07 Å². The van der Waals surface area contributed by atoms with Crippen LogP contribution >= 0.6 is 0 Å². The molecule has 0 amide bonds. The number of non-ortho nitro benzene ring substituents is 1. The first kappa shape index (κ1) is 15.6. The molecule has 0 aliphatic heterocycles. The van der Waals surface area contributed by atoms with Crippen LogP contribution in [-0.2, 0) is 0 Å². The molecular formula is C12H9N5O6. The third-order valence-corrected chi connectivity index (χ3v) is 2.84. The van der Waals surface area contributed by atoms with Crippen molar-refractivity contribution in [2.45, 2.75) is 0 Å². The highest BCUT2D eigenvalue weighted by Crippen LogP contribution is 2.40. The first-order chi connectivity index (χ1) is 10.8. The number of nitrogens with one attached hydrogen (secondary N) is 1. The standard InChI is InChI=1S/C12H9N5O6/c13-7-2-1-3-8(4-7)14-12-10(16(20)21)5-9(15(18)19)6-11(12)17(22)23/h1-6,14H,13H2. The third kappa shape index (κ3) is 3.29. The van der Waals surface area contributed by atoms with Crippen molar-refractivity contribution >= 4 is 34.1 Å². The minimum atomic E-state index is -0.940. The number of hydrogen-bond acceptors (Lipinski definition) is 8. The normalized spacial score (nSPS) is 10.1. The van der Waals surface area contributed by atoms with E-state index >= 15 is 0 Å². The lowest BCUT2D eigenvalue weighted by atomic mass is 10.2. The molecule has 0 heterocycles. The van der Waals surface area contributed by atoms with Gasteiger partial charge in [-0.25, -0.2) is 0 Å². The van der Waals surface area contributed by atoms with Gasteiger partial charge in [-0.3, -0.25) is 30.3 Å². The predicted molar refractivity (Wildman–Crippen MR) is 80.5 cm³/mol. The number of nitrogen functional groups attached to an aromatic ring is 1. The summed E-state index contributed by atoms with van der Waals surface area (Å²) in [4.78, 5) is 30.2. The molecule has 0 aliphatic rings. The molecule has 2 aromatic carbocycles. The first-order valence-electron chi connectivity index (χ1n) is 6.03. The Morgan fingerprint density at radius 2 is 1.43 bits per heavy atom. The van der Waals surface area contributed by atoms with Gasteiger partial charge in [-0.2, -0.15) is 0 Å². The van der Waals surface area contributed by atoms with Gasteiger partial charge in [0, 0.05) is 11.4 Å². The molecule has 3 N–H and O–H groups in total. The van der Waals surface area contributed by atoms with Crippen molar-refractivity contribution < 1.29 is 14.8 Å². The molecule has 0 saturated carbocycles. The third-order valence-electron chi connectivity index (χ3n) is 2.84. The van der Waals surface area contributed by atoms with Crippen LogP contribution in [0, 0.1) is 30.3 Å². The number of nitrogens with two attached hydrogens (primary N) is 1. The first-order valence-corrected chi connectivity index (χ1v) is 6.03. The number of nitro groups is 3. The van der Waals surface area contributed by atoms with Gasteiger partial charge in [0.05, 0.1) is 26.9 Å². The quantitative estimate of drug-likeness (QED) is 0.481. The molecule has 0 saturated heterocycles. The smallest absolute Gasteiger partial charge is 0.306 e. The van der Waals surface area contributed by atoms with Crippen molar-refractivity contribution in [2.75, 3.05) is 11.1 Å². The lowest BCUT2D eigenvalue weighted by Crippen LogP contribution is -2.03. The Labute approximate surface area is 127 Å². The van der Waals surface area contributed by atoms with Crippen LogP contribution in [0.25, 0.3) is 0 Å². The summed E-state index contributed by atoms with van der Waals surface area (Å²) >= 11 is 0. The molecule has 0 aliphatic carbocycles. The Balaban J connectivity index is 2.66. The van der Waals surface area contributed by atoms with Crippen LogP contribution in [0.4, 0.5) is 34.1 Å². The predicted octanol–water partition coefficient (Wildman–Crippen LogP) is 2.74. The average molecular weight is 319 g/mol. The van der Waals surface area contributed by atoms with Gasteiger partial charge < -0.3 is 11.1 Å². The lowest BCUT2D eigenvalue weighted by Gasteiger charge is -2.08. The Bertz CT molecular complexity index is 786. The van der Waals surface area contributed by atoms with E-state index in [1.54, 1.807) is 12.1 Å². The molecule has 23 heavy (non-hydrogen) atoms. The van der Waals surface area contributed by atoms with Crippen molar-refractivity contribution in [1.29, 1.82) is 0 Å². The van der Waals surface area contributed by atoms with E-state index in [-0.39, 0.29) is 5.69 Å². The van der Waals surface area contributed by atoms with Gasteiger partial charge in [0.1, 0.15) is 0 Å². The zero-order chi connectivity index (χ0) is 17.1. The zero-order valence-corrected chi connectivity index (χ0v) is 11.3. The van der Waals surface area contributed by atoms with E-state index in [9.17, 15) is 30.3 Å². The number of anilines is 3. The van der Waals surface area contributed by atoms with Crippen LogP contribution in [0.2, 0.25) is 0 Å². The lowest BCUT2D eigenvalue weighted by molar-refractivity contribution is -0.401. The summed E-state index contributed by atoms with van der Waals surface area (Å²) in [5, 5.41) is 35.6. The summed E-state index contributed by atoms with van der Waals surface area (Å²) in [6.45, 7) is 0. The molecule has 0 aromatic heterocycles. The fraction of sp³-hybridized carbons (Fsp3) is 0. The maximum Gasteiger partial charge on any atom is 0.306 e. The summed E-state index contributed by atoms with van der Waals surface area (Å²) in [7, 11) is 0. The largest absolute Gasteiger partial charge is 0.399 e. The Morgan fingerprint density at radius 3 is 1.87 bits per heavy atom. The average Bonchev–Trinajstić information content (AvgIpc) is 2.46. The van der Waals surface area contributed by atoms with Crippen molar-refractivity contribution in [3.63, 3.8) is 0 Å². The van der Waals surface area contributed by atoms with Crippen molar-refractivity contribution in [1.82, 2.24) is 0 Å². The highest BCUT2D eigenvalue weighted by molar-refractivity contribution is 5.81. The van der Waals surface area contributed by atoms with Gasteiger partial charge in [0.2, 0.25) is 0 Å². The second kappa shape index (κ2) is 5.93. The molecule has 2 aromatic rings.